The molecule has 1 unspecified atom stereocenters. The maximum absolute atomic E-state index is 12.0. The van der Waals surface area contributed by atoms with E-state index in [-0.39, 0.29) is 6.04 Å². The standard InChI is InChI=1S/C18H29BN4O5/c1-17(2)18(3,4)28-19(27-17)12-8-20-16(21-9-12)22(5)13-6-7-23(10-13)15(26)14(25)11-24/h8-9,13-14,24-25H,6-7,10-11H2,1-5H3/t13-,14?/m1/s1. The zero-order chi connectivity index (χ0) is 20.7. The van der Waals surface area contributed by atoms with Gasteiger partial charge in [-0.3, -0.25) is 4.79 Å². The summed E-state index contributed by atoms with van der Waals surface area (Å²) in [4.78, 5) is 24.4. The number of anilines is 1. The first-order chi connectivity index (χ1) is 13.1. The van der Waals surface area contributed by atoms with Crippen LogP contribution in [0, 0.1) is 0 Å². The first kappa shape index (κ1) is 21.0. The van der Waals surface area contributed by atoms with Gasteiger partial charge >= 0.3 is 7.12 Å². The average Bonchev–Trinajstić information content (AvgIpc) is 3.22. The maximum Gasteiger partial charge on any atom is 0.498 e. The fourth-order valence-corrected chi connectivity index (χ4v) is 3.32. The second kappa shape index (κ2) is 7.59. The van der Waals surface area contributed by atoms with Crippen molar-refractivity contribution in [3.8, 4) is 0 Å². The van der Waals surface area contributed by atoms with Gasteiger partial charge in [-0.05, 0) is 34.1 Å². The number of likely N-dealkylation sites (tertiary alicyclic amines) is 1. The van der Waals surface area contributed by atoms with Crippen LogP contribution in [0.1, 0.15) is 34.1 Å². The largest absolute Gasteiger partial charge is 0.498 e. The summed E-state index contributed by atoms with van der Waals surface area (Å²) in [5.74, 6) is 0.0951. The van der Waals surface area contributed by atoms with Crippen molar-refractivity contribution in [3.05, 3.63) is 12.4 Å². The third kappa shape index (κ3) is 3.87. The molecule has 2 fully saturated rings. The number of likely N-dealkylation sites (N-methyl/N-ethyl adjacent to an activating group) is 1. The topological polar surface area (TPSA) is 108 Å². The van der Waals surface area contributed by atoms with Crippen molar-refractivity contribution in [3.63, 3.8) is 0 Å². The van der Waals surface area contributed by atoms with Gasteiger partial charge in [-0.1, -0.05) is 0 Å². The molecule has 2 atom stereocenters. The maximum atomic E-state index is 12.0. The van der Waals surface area contributed by atoms with Crippen LogP contribution in [0.3, 0.4) is 0 Å². The Balaban J connectivity index is 1.64. The van der Waals surface area contributed by atoms with Gasteiger partial charge in [-0.15, -0.1) is 0 Å². The fraction of sp³-hybridized carbons (Fsp3) is 0.722. The van der Waals surface area contributed by atoms with E-state index in [0.29, 0.717) is 19.0 Å². The number of aromatic nitrogens is 2. The van der Waals surface area contributed by atoms with Gasteiger partial charge in [0.2, 0.25) is 5.95 Å². The summed E-state index contributed by atoms with van der Waals surface area (Å²) >= 11 is 0. The molecule has 10 heteroatoms. The quantitative estimate of drug-likeness (QED) is 0.625. The third-order valence-corrected chi connectivity index (χ3v) is 5.98. The van der Waals surface area contributed by atoms with Crippen LogP contribution in [0.2, 0.25) is 0 Å². The van der Waals surface area contributed by atoms with Gasteiger partial charge in [0.1, 0.15) is 0 Å². The van der Waals surface area contributed by atoms with Crippen molar-refractivity contribution in [2.45, 2.75) is 57.5 Å². The minimum atomic E-state index is -1.36. The van der Waals surface area contributed by atoms with E-state index in [0.717, 1.165) is 11.9 Å². The average molecular weight is 392 g/mol. The molecule has 154 valence electrons. The number of rotatable bonds is 5. The molecule has 1 aromatic heterocycles. The van der Waals surface area contributed by atoms with E-state index in [4.69, 9.17) is 14.4 Å². The molecule has 1 aromatic rings. The number of hydrogen-bond acceptors (Lipinski definition) is 8. The lowest BCUT2D eigenvalue weighted by atomic mass is 9.81. The normalized spacial score (nSPS) is 24.5. The number of hydrogen-bond donors (Lipinski definition) is 2. The fourth-order valence-electron chi connectivity index (χ4n) is 3.32. The molecule has 2 saturated heterocycles. The van der Waals surface area contributed by atoms with E-state index < -0.39 is 36.9 Å². The molecule has 9 nitrogen and oxygen atoms in total. The number of aliphatic hydroxyl groups is 2. The molecule has 1 amide bonds. The molecule has 28 heavy (non-hydrogen) atoms. The highest BCUT2D eigenvalue weighted by molar-refractivity contribution is 6.61. The Morgan fingerprint density at radius 3 is 2.43 bits per heavy atom. The van der Waals surface area contributed by atoms with Crippen molar-refractivity contribution >= 4 is 24.4 Å². The summed E-state index contributed by atoms with van der Waals surface area (Å²) < 4.78 is 12.0. The van der Waals surface area contributed by atoms with Crippen LogP contribution in [0.15, 0.2) is 12.4 Å². The highest BCUT2D eigenvalue weighted by Gasteiger charge is 2.52. The van der Waals surface area contributed by atoms with Gasteiger partial charge in [-0.2, -0.15) is 0 Å². The first-order valence-electron chi connectivity index (χ1n) is 9.54. The van der Waals surface area contributed by atoms with Gasteiger partial charge in [0.15, 0.2) is 6.10 Å². The smallest absolute Gasteiger partial charge is 0.399 e. The van der Waals surface area contributed by atoms with E-state index >= 15 is 0 Å². The second-order valence-corrected chi connectivity index (χ2v) is 8.44. The number of carbonyl (C=O) groups is 1. The number of amides is 1. The lowest BCUT2D eigenvalue weighted by Gasteiger charge is -2.32. The van der Waals surface area contributed by atoms with Gasteiger partial charge in [-0.25, -0.2) is 9.97 Å². The van der Waals surface area contributed by atoms with Crippen molar-refractivity contribution in [2.75, 3.05) is 31.6 Å². The molecule has 0 aromatic carbocycles. The Morgan fingerprint density at radius 2 is 1.89 bits per heavy atom. The zero-order valence-corrected chi connectivity index (χ0v) is 17.1. The second-order valence-electron chi connectivity index (χ2n) is 8.44. The Hall–Kier alpha value is -1.75. The molecule has 0 radical (unpaired) electrons. The van der Waals surface area contributed by atoms with Crippen LogP contribution in [-0.4, -0.2) is 88.2 Å². The van der Waals surface area contributed by atoms with E-state index in [2.05, 4.69) is 9.97 Å². The molecule has 0 spiro atoms. The monoisotopic (exact) mass is 392 g/mol. The predicted octanol–water partition coefficient (Wildman–Crippen LogP) is -0.834. The van der Waals surface area contributed by atoms with Crippen molar-refractivity contribution in [1.82, 2.24) is 14.9 Å². The van der Waals surface area contributed by atoms with Gasteiger partial charge in [0.25, 0.3) is 5.91 Å². The molecule has 3 heterocycles. The van der Waals surface area contributed by atoms with Gasteiger partial charge in [0.05, 0.1) is 23.9 Å². The Labute approximate surface area is 165 Å². The van der Waals surface area contributed by atoms with Crippen molar-refractivity contribution in [1.29, 1.82) is 0 Å². The van der Waals surface area contributed by atoms with Crippen molar-refractivity contribution < 1.29 is 24.3 Å². The van der Waals surface area contributed by atoms with Crippen LogP contribution in [0.5, 0.6) is 0 Å². The molecule has 3 rings (SSSR count). The minimum Gasteiger partial charge on any atom is -0.399 e. The summed E-state index contributed by atoms with van der Waals surface area (Å²) in [5, 5.41) is 18.5. The molecule has 0 aliphatic carbocycles. The molecular weight excluding hydrogens is 363 g/mol. The Kier molecular flexibility index (Phi) is 5.68. The lowest BCUT2D eigenvalue weighted by molar-refractivity contribution is -0.141. The van der Waals surface area contributed by atoms with Crippen molar-refractivity contribution in [2.24, 2.45) is 0 Å². The molecule has 0 bridgehead atoms. The van der Waals surface area contributed by atoms with E-state index in [9.17, 15) is 9.90 Å². The summed E-state index contributed by atoms with van der Waals surface area (Å²) in [6.45, 7) is 8.40. The van der Waals surface area contributed by atoms with E-state index in [1.165, 1.54) is 0 Å². The number of nitrogens with zero attached hydrogens (tertiary/aromatic N) is 4. The zero-order valence-electron chi connectivity index (χ0n) is 17.1. The Bertz CT molecular complexity index is 698. The number of carbonyl (C=O) groups excluding carboxylic acids is 1. The van der Waals surface area contributed by atoms with Crippen LogP contribution in [0.4, 0.5) is 5.95 Å². The van der Waals surface area contributed by atoms with Gasteiger partial charge < -0.3 is 29.3 Å². The molecule has 2 aliphatic heterocycles. The minimum absolute atomic E-state index is 0.0394. The van der Waals surface area contributed by atoms with Gasteiger partial charge in [0, 0.05) is 38.0 Å². The molecule has 2 aliphatic rings. The van der Waals surface area contributed by atoms with Crippen LogP contribution >= 0.6 is 0 Å². The predicted molar refractivity (Wildman–Crippen MR) is 104 cm³/mol. The van der Waals surface area contributed by atoms with Crippen LogP contribution in [-0.2, 0) is 14.1 Å². The number of aliphatic hydroxyl groups excluding tert-OH is 2. The third-order valence-electron chi connectivity index (χ3n) is 5.98. The highest BCUT2D eigenvalue weighted by atomic mass is 16.7. The summed E-state index contributed by atoms with van der Waals surface area (Å²) in [5.41, 5.74) is -0.0943. The SMILES string of the molecule is CN(c1ncc(B2OC(C)(C)C(C)(C)O2)cn1)[C@@H]1CCN(C(=O)C(O)CO)C1. The summed E-state index contributed by atoms with van der Waals surface area (Å²) in [6.07, 6.45) is 2.78. The summed E-state index contributed by atoms with van der Waals surface area (Å²) in [7, 11) is 1.37. The summed E-state index contributed by atoms with van der Waals surface area (Å²) in [6, 6.07) is 0.0394. The lowest BCUT2D eigenvalue weighted by Crippen LogP contribution is -2.42. The van der Waals surface area contributed by atoms with E-state index in [1.807, 2.05) is 39.6 Å². The Morgan fingerprint density at radius 1 is 1.32 bits per heavy atom. The van der Waals surface area contributed by atoms with Crippen LogP contribution in [0.25, 0.3) is 0 Å². The molecule has 2 N–H and O–H groups in total. The van der Waals surface area contributed by atoms with E-state index in [1.54, 1.807) is 17.3 Å². The molecular formula is C18H29BN4O5. The van der Waals surface area contributed by atoms with Crippen LogP contribution < -0.4 is 10.4 Å². The first-order valence-corrected chi connectivity index (χ1v) is 9.54. The highest BCUT2D eigenvalue weighted by Crippen LogP contribution is 2.36. The molecule has 0 saturated carbocycles.